The van der Waals surface area contributed by atoms with E-state index in [9.17, 15) is 9.59 Å². The highest BCUT2D eigenvalue weighted by atomic mass is 32.1. The molecule has 0 aliphatic rings. The van der Waals surface area contributed by atoms with Gasteiger partial charge in [0.25, 0.3) is 0 Å². The molecule has 0 saturated heterocycles. The standard InChI is InChI=1S/C21H29N3O2S/c1-4-16(3)17-8-10-18(11-9-17)23-21(26)15-24(5-2)14-20(25)22-13-19-7-6-12-27-19/h6-12,16H,4-5,13-15H2,1-3H3,(H,22,25)(H,23,26)/t16-/m0/s1. The van der Waals surface area contributed by atoms with Gasteiger partial charge in [-0.05, 0) is 48.0 Å². The van der Waals surface area contributed by atoms with Crippen LogP contribution in [0.2, 0.25) is 0 Å². The first kappa shape index (κ1) is 21.1. The molecule has 0 unspecified atom stereocenters. The van der Waals surface area contributed by atoms with Gasteiger partial charge in [0.2, 0.25) is 11.8 Å². The maximum Gasteiger partial charge on any atom is 0.238 e. The number of amides is 2. The first-order valence-corrected chi connectivity index (χ1v) is 10.3. The summed E-state index contributed by atoms with van der Waals surface area (Å²) in [4.78, 5) is 27.3. The Morgan fingerprint density at radius 1 is 1.07 bits per heavy atom. The fourth-order valence-corrected chi connectivity index (χ4v) is 3.32. The van der Waals surface area contributed by atoms with Gasteiger partial charge in [-0.25, -0.2) is 0 Å². The number of anilines is 1. The van der Waals surface area contributed by atoms with Crippen LogP contribution in [0, 0.1) is 0 Å². The predicted octanol–water partition coefficient (Wildman–Crippen LogP) is 3.84. The Morgan fingerprint density at radius 3 is 2.37 bits per heavy atom. The Morgan fingerprint density at radius 2 is 1.78 bits per heavy atom. The number of carbonyl (C=O) groups excluding carboxylic acids is 2. The Kier molecular flexibility index (Phi) is 8.48. The van der Waals surface area contributed by atoms with Crippen LogP contribution in [-0.4, -0.2) is 36.3 Å². The van der Waals surface area contributed by atoms with Crippen molar-refractivity contribution in [3.8, 4) is 0 Å². The molecule has 146 valence electrons. The van der Waals surface area contributed by atoms with Gasteiger partial charge in [-0.3, -0.25) is 14.5 Å². The van der Waals surface area contributed by atoms with E-state index in [1.54, 1.807) is 11.3 Å². The number of nitrogens with one attached hydrogen (secondary N) is 2. The number of likely N-dealkylation sites (N-methyl/N-ethyl adjacent to an activating group) is 1. The molecule has 2 N–H and O–H groups in total. The average molecular weight is 388 g/mol. The minimum atomic E-state index is -0.112. The second-order valence-corrected chi connectivity index (χ2v) is 7.67. The molecule has 1 aromatic heterocycles. The zero-order chi connectivity index (χ0) is 19.6. The number of thiophene rings is 1. The molecule has 1 heterocycles. The molecular formula is C21H29N3O2S. The molecule has 1 aromatic carbocycles. The summed E-state index contributed by atoms with van der Waals surface area (Å²) in [7, 11) is 0. The van der Waals surface area contributed by atoms with Crippen LogP contribution in [-0.2, 0) is 16.1 Å². The molecule has 2 rings (SSSR count). The summed E-state index contributed by atoms with van der Waals surface area (Å²) in [5.41, 5.74) is 2.05. The third-order valence-electron chi connectivity index (χ3n) is 4.60. The highest BCUT2D eigenvalue weighted by molar-refractivity contribution is 7.09. The van der Waals surface area contributed by atoms with Crippen LogP contribution in [0.4, 0.5) is 5.69 Å². The van der Waals surface area contributed by atoms with Crippen molar-refractivity contribution in [3.05, 3.63) is 52.2 Å². The van der Waals surface area contributed by atoms with Gasteiger partial charge in [0, 0.05) is 10.6 Å². The second kappa shape index (κ2) is 10.8. The fraction of sp³-hybridized carbons (Fsp3) is 0.429. The van der Waals surface area contributed by atoms with E-state index < -0.39 is 0 Å². The van der Waals surface area contributed by atoms with Crippen molar-refractivity contribution in [2.24, 2.45) is 0 Å². The van der Waals surface area contributed by atoms with Gasteiger partial charge < -0.3 is 10.6 Å². The maximum atomic E-state index is 12.3. The zero-order valence-corrected chi connectivity index (χ0v) is 17.1. The van der Waals surface area contributed by atoms with E-state index in [0.29, 0.717) is 19.0 Å². The van der Waals surface area contributed by atoms with Gasteiger partial charge in [-0.1, -0.05) is 39.0 Å². The highest BCUT2D eigenvalue weighted by Crippen LogP contribution is 2.20. The normalized spacial score (nSPS) is 12.0. The largest absolute Gasteiger partial charge is 0.350 e. The van der Waals surface area contributed by atoms with E-state index in [4.69, 9.17) is 0 Å². The lowest BCUT2D eigenvalue weighted by Crippen LogP contribution is -2.40. The molecule has 0 bridgehead atoms. The Hall–Kier alpha value is -2.18. The third-order valence-corrected chi connectivity index (χ3v) is 5.47. The Labute approximate surface area is 165 Å². The van der Waals surface area contributed by atoms with Crippen LogP contribution in [0.25, 0.3) is 0 Å². The van der Waals surface area contributed by atoms with Crippen molar-refractivity contribution in [2.75, 3.05) is 25.0 Å². The number of benzene rings is 1. The van der Waals surface area contributed by atoms with E-state index in [-0.39, 0.29) is 24.9 Å². The first-order chi connectivity index (χ1) is 13.0. The summed E-state index contributed by atoms with van der Waals surface area (Å²) >= 11 is 1.61. The summed E-state index contributed by atoms with van der Waals surface area (Å²) in [5, 5.41) is 7.79. The van der Waals surface area contributed by atoms with Crippen LogP contribution in [0.15, 0.2) is 41.8 Å². The van der Waals surface area contributed by atoms with Gasteiger partial charge in [0.05, 0.1) is 19.6 Å². The highest BCUT2D eigenvalue weighted by Gasteiger charge is 2.13. The number of nitrogens with zero attached hydrogens (tertiary/aromatic N) is 1. The van der Waals surface area contributed by atoms with Crippen molar-refractivity contribution in [1.29, 1.82) is 0 Å². The van der Waals surface area contributed by atoms with Crippen LogP contribution in [0.3, 0.4) is 0 Å². The zero-order valence-electron chi connectivity index (χ0n) is 16.3. The van der Waals surface area contributed by atoms with Gasteiger partial charge in [0.15, 0.2) is 0 Å². The molecule has 0 radical (unpaired) electrons. The summed E-state index contributed by atoms with van der Waals surface area (Å²) in [5.74, 6) is 0.327. The molecule has 6 heteroatoms. The molecule has 2 aromatic rings. The summed E-state index contributed by atoms with van der Waals surface area (Å²) in [6.45, 7) is 7.86. The van der Waals surface area contributed by atoms with Crippen molar-refractivity contribution in [3.63, 3.8) is 0 Å². The fourth-order valence-electron chi connectivity index (χ4n) is 2.67. The van der Waals surface area contributed by atoms with E-state index in [2.05, 4.69) is 36.6 Å². The van der Waals surface area contributed by atoms with Crippen LogP contribution >= 0.6 is 11.3 Å². The quantitative estimate of drug-likeness (QED) is 0.651. The number of hydrogen-bond donors (Lipinski definition) is 2. The SMILES string of the molecule is CC[C@H](C)c1ccc(NC(=O)CN(CC)CC(=O)NCc2cccs2)cc1. The minimum Gasteiger partial charge on any atom is -0.350 e. The molecule has 27 heavy (non-hydrogen) atoms. The minimum absolute atomic E-state index is 0.0732. The van der Waals surface area contributed by atoms with Gasteiger partial charge in [-0.15, -0.1) is 11.3 Å². The van der Waals surface area contributed by atoms with Gasteiger partial charge in [0.1, 0.15) is 0 Å². The second-order valence-electron chi connectivity index (χ2n) is 6.64. The van der Waals surface area contributed by atoms with Crippen LogP contribution in [0.1, 0.15) is 43.6 Å². The summed E-state index contributed by atoms with van der Waals surface area (Å²) < 4.78 is 0. The lowest BCUT2D eigenvalue weighted by Gasteiger charge is -2.19. The van der Waals surface area contributed by atoms with Gasteiger partial charge in [-0.2, -0.15) is 0 Å². The van der Waals surface area contributed by atoms with Gasteiger partial charge >= 0.3 is 0 Å². The molecule has 0 saturated carbocycles. The molecule has 5 nitrogen and oxygen atoms in total. The molecule has 1 atom stereocenters. The van der Waals surface area contributed by atoms with Crippen molar-refractivity contribution < 1.29 is 9.59 Å². The van der Waals surface area contributed by atoms with E-state index in [0.717, 1.165) is 17.0 Å². The molecule has 0 spiro atoms. The smallest absolute Gasteiger partial charge is 0.238 e. The topological polar surface area (TPSA) is 61.4 Å². The van der Waals surface area contributed by atoms with E-state index in [1.165, 1.54) is 5.56 Å². The Balaban J connectivity index is 1.78. The summed E-state index contributed by atoms with van der Waals surface area (Å²) in [6, 6.07) is 11.9. The number of rotatable bonds is 10. The van der Waals surface area contributed by atoms with Crippen molar-refractivity contribution >= 4 is 28.8 Å². The molecule has 0 fully saturated rings. The lowest BCUT2D eigenvalue weighted by molar-refractivity contribution is -0.123. The number of hydrogen-bond acceptors (Lipinski definition) is 4. The molecule has 0 aliphatic carbocycles. The maximum absolute atomic E-state index is 12.3. The molecule has 0 aliphatic heterocycles. The third kappa shape index (κ3) is 7.15. The van der Waals surface area contributed by atoms with Crippen molar-refractivity contribution in [1.82, 2.24) is 10.2 Å². The van der Waals surface area contributed by atoms with E-state index in [1.807, 2.05) is 41.5 Å². The average Bonchev–Trinajstić information content (AvgIpc) is 3.19. The summed E-state index contributed by atoms with van der Waals surface area (Å²) in [6.07, 6.45) is 1.09. The predicted molar refractivity (Wildman–Crippen MR) is 112 cm³/mol. The first-order valence-electron chi connectivity index (χ1n) is 9.43. The lowest BCUT2D eigenvalue weighted by atomic mass is 9.99. The van der Waals surface area contributed by atoms with E-state index >= 15 is 0 Å². The van der Waals surface area contributed by atoms with Crippen LogP contribution in [0.5, 0.6) is 0 Å². The molecule has 2 amide bonds. The molecular weight excluding hydrogens is 358 g/mol. The Bertz CT molecular complexity index is 714. The monoisotopic (exact) mass is 387 g/mol. The van der Waals surface area contributed by atoms with Crippen LogP contribution < -0.4 is 10.6 Å². The number of carbonyl (C=O) groups is 2. The van der Waals surface area contributed by atoms with Crippen molar-refractivity contribution in [2.45, 2.75) is 39.7 Å².